The summed E-state index contributed by atoms with van der Waals surface area (Å²) in [5.41, 5.74) is 2.09. The van der Waals surface area contributed by atoms with Crippen LogP contribution in [0.2, 0.25) is 0 Å². The molecule has 0 aliphatic heterocycles. The fourth-order valence-corrected chi connectivity index (χ4v) is 2.45. The van der Waals surface area contributed by atoms with E-state index in [1.165, 1.54) is 0 Å². The normalized spacial score (nSPS) is 11.4. The number of rotatable bonds is 6. The molecule has 0 N–H and O–H groups in total. The molecule has 1 aromatic heterocycles. The van der Waals surface area contributed by atoms with E-state index in [1.54, 1.807) is 0 Å². The van der Waals surface area contributed by atoms with Gasteiger partial charge in [-0.25, -0.2) is 4.98 Å². The molecule has 0 fully saturated rings. The minimum atomic E-state index is 0.572. The Hall–Kier alpha value is -1.22. The van der Waals surface area contributed by atoms with Gasteiger partial charge in [0.2, 0.25) is 0 Å². The van der Waals surface area contributed by atoms with Crippen LogP contribution in [0.3, 0.4) is 0 Å². The SMILES string of the molecule is CCOc1cccc2c1nc(CCCl)n2CC(C)C. The smallest absolute Gasteiger partial charge is 0.147 e. The highest BCUT2D eigenvalue weighted by Crippen LogP contribution is 2.27. The molecule has 0 bridgehead atoms. The van der Waals surface area contributed by atoms with E-state index in [0.29, 0.717) is 18.4 Å². The van der Waals surface area contributed by atoms with Gasteiger partial charge in [0.05, 0.1) is 12.1 Å². The molecule has 0 saturated heterocycles. The van der Waals surface area contributed by atoms with Crippen LogP contribution < -0.4 is 4.74 Å². The maximum absolute atomic E-state index is 5.89. The van der Waals surface area contributed by atoms with Gasteiger partial charge in [-0.2, -0.15) is 0 Å². The molecule has 0 amide bonds. The first-order chi connectivity index (χ1) is 9.17. The molecule has 0 spiro atoms. The Balaban J connectivity index is 2.55. The van der Waals surface area contributed by atoms with Crippen LogP contribution in [-0.2, 0) is 13.0 Å². The molecule has 2 rings (SSSR count). The summed E-state index contributed by atoms with van der Waals surface area (Å²) in [4.78, 5) is 4.73. The summed E-state index contributed by atoms with van der Waals surface area (Å²) in [7, 11) is 0. The van der Waals surface area contributed by atoms with Gasteiger partial charge in [-0.1, -0.05) is 19.9 Å². The maximum Gasteiger partial charge on any atom is 0.147 e. The van der Waals surface area contributed by atoms with Gasteiger partial charge in [-0.05, 0) is 25.0 Å². The standard InChI is InChI=1S/C15H21ClN2O/c1-4-19-13-7-5-6-12-15(13)17-14(8-9-16)18(12)10-11(2)3/h5-7,11H,4,8-10H2,1-3H3. The Bertz CT molecular complexity index is 548. The van der Waals surface area contributed by atoms with E-state index in [-0.39, 0.29) is 0 Å². The molecule has 2 aromatic rings. The topological polar surface area (TPSA) is 27.1 Å². The number of fused-ring (bicyclic) bond motifs is 1. The third-order valence-corrected chi connectivity index (χ3v) is 3.18. The lowest BCUT2D eigenvalue weighted by molar-refractivity contribution is 0.343. The first-order valence-electron chi connectivity index (χ1n) is 6.84. The summed E-state index contributed by atoms with van der Waals surface area (Å²) in [5.74, 6) is 3.07. The van der Waals surface area contributed by atoms with Crippen molar-refractivity contribution < 1.29 is 4.74 Å². The van der Waals surface area contributed by atoms with Crippen LogP contribution in [0, 0.1) is 5.92 Å². The van der Waals surface area contributed by atoms with Crippen molar-refractivity contribution in [3.05, 3.63) is 24.0 Å². The second kappa shape index (κ2) is 6.29. The van der Waals surface area contributed by atoms with Crippen LogP contribution in [0.15, 0.2) is 18.2 Å². The molecule has 4 heteroatoms. The van der Waals surface area contributed by atoms with Crippen molar-refractivity contribution in [1.82, 2.24) is 9.55 Å². The van der Waals surface area contributed by atoms with Gasteiger partial charge in [0.1, 0.15) is 17.1 Å². The Morgan fingerprint density at radius 3 is 2.79 bits per heavy atom. The van der Waals surface area contributed by atoms with Crippen LogP contribution in [0.25, 0.3) is 11.0 Å². The number of hydrogen-bond donors (Lipinski definition) is 0. The number of imidazole rings is 1. The molecule has 3 nitrogen and oxygen atoms in total. The number of nitrogens with zero attached hydrogens (tertiary/aromatic N) is 2. The number of hydrogen-bond acceptors (Lipinski definition) is 2. The van der Waals surface area contributed by atoms with Crippen molar-refractivity contribution in [1.29, 1.82) is 0 Å². The molecule has 0 aliphatic carbocycles. The molecule has 0 unspecified atom stereocenters. The van der Waals surface area contributed by atoms with Crippen molar-refractivity contribution in [3.8, 4) is 5.75 Å². The molecule has 104 valence electrons. The molecule has 0 atom stereocenters. The Morgan fingerprint density at radius 2 is 2.16 bits per heavy atom. The third-order valence-electron chi connectivity index (χ3n) is 2.99. The quantitative estimate of drug-likeness (QED) is 0.751. The molecule has 0 saturated carbocycles. The average molecular weight is 281 g/mol. The van der Waals surface area contributed by atoms with E-state index in [1.807, 2.05) is 19.1 Å². The maximum atomic E-state index is 5.89. The summed E-state index contributed by atoms with van der Waals surface area (Å²) in [5, 5.41) is 0. The number of aromatic nitrogens is 2. The predicted molar refractivity (Wildman–Crippen MR) is 80.2 cm³/mol. The van der Waals surface area contributed by atoms with Crippen molar-refractivity contribution in [3.63, 3.8) is 0 Å². The van der Waals surface area contributed by atoms with Crippen LogP contribution in [0.1, 0.15) is 26.6 Å². The second-order valence-electron chi connectivity index (χ2n) is 5.03. The largest absolute Gasteiger partial charge is 0.492 e. The Labute approximate surface area is 119 Å². The van der Waals surface area contributed by atoms with Crippen molar-refractivity contribution >= 4 is 22.6 Å². The van der Waals surface area contributed by atoms with Crippen LogP contribution in [0.4, 0.5) is 0 Å². The number of aryl methyl sites for hydroxylation is 1. The Kier molecular flexibility index (Phi) is 4.70. The van der Waals surface area contributed by atoms with Crippen LogP contribution in [-0.4, -0.2) is 22.0 Å². The van der Waals surface area contributed by atoms with Gasteiger partial charge in [0, 0.05) is 18.8 Å². The van der Waals surface area contributed by atoms with Gasteiger partial charge in [0.25, 0.3) is 0 Å². The van der Waals surface area contributed by atoms with E-state index in [2.05, 4.69) is 24.5 Å². The van der Waals surface area contributed by atoms with Crippen molar-refractivity contribution in [2.24, 2.45) is 5.92 Å². The van der Waals surface area contributed by atoms with E-state index < -0.39 is 0 Å². The van der Waals surface area contributed by atoms with Gasteiger partial charge in [0.15, 0.2) is 0 Å². The molecular weight excluding hydrogens is 260 g/mol. The number of para-hydroxylation sites is 1. The number of halogens is 1. The minimum Gasteiger partial charge on any atom is -0.492 e. The van der Waals surface area contributed by atoms with E-state index >= 15 is 0 Å². The zero-order chi connectivity index (χ0) is 13.8. The highest BCUT2D eigenvalue weighted by Gasteiger charge is 2.14. The highest BCUT2D eigenvalue weighted by atomic mass is 35.5. The van der Waals surface area contributed by atoms with Crippen LogP contribution in [0.5, 0.6) is 5.75 Å². The number of alkyl halides is 1. The van der Waals surface area contributed by atoms with Gasteiger partial charge in [-0.3, -0.25) is 0 Å². The Morgan fingerprint density at radius 1 is 1.37 bits per heavy atom. The van der Waals surface area contributed by atoms with E-state index in [4.69, 9.17) is 21.3 Å². The lowest BCUT2D eigenvalue weighted by atomic mass is 10.2. The monoisotopic (exact) mass is 280 g/mol. The highest BCUT2D eigenvalue weighted by molar-refractivity contribution is 6.17. The van der Waals surface area contributed by atoms with E-state index in [9.17, 15) is 0 Å². The van der Waals surface area contributed by atoms with Crippen molar-refractivity contribution in [2.75, 3.05) is 12.5 Å². The zero-order valence-electron chi connectivity index (χ0n) is 11.8. The predicted octanol–water partition coefficient (Wildman–Crippen LogP) is 3.87. The molecule has 1 heterocycles. The fourth-order valence-electron chi connectivity index (χ4n) is 2.29. The molecular formula is C15H21ClN2O. The van der Waals surface area contributed by atoms with Gasteiger partial charge in [-0.15, -0.1) is 11.6 Å². The van der Waals surface area contributed by atoms with Crippen LogP contribution >= 0.6 is 11.6 Å². The summed E-state index contributed by atoms with van der Waals surface area (Å²) in [6, 6.07) is 6.10. The van der Waals surface area contributed by atoms with E-state index in [0.717, 1.165) is 35.6 Å². The molecule has 19 heavy (non-hydrogen) atoms. The summed E-state index contributed by atoms with van der Waals surface area (Å²) >= 11 is 5.89. The lowest BCUT2D eigenvalue weighted by Gasteiger charge is -2.11. The lowest BCUT2D eigenvalue weighted by Crippen LogP contribution is -2.09. The molecule has 0 radical (unpaired) electrons. The summed E-state index contributed by atoms with van der Waals surface area (Å²) in [6.07, 6.45) is 0.786. The van der Waals surface area contributed by atoms with Gasteiger partial charge < -0.3 is 9.30 Å². The first-order valence-corrected chi connectivity index (χ1v) is 7.37. The summed E-state index contributed by atoms with van der Waals surface area (Å²) in [6.45, 7) is 8.02. The second-order valence-corrected chi connectivity index (χ2v) is 5.41. The molecule has 1 aromatic carbocycles. The van der Waals surface area contributed by atoms with Crippen molar-refractivity contribution in [2.45, 2.75) is 33.7 Å². The zero-order valence-corrected chi connectivity index (χ0v) is 12.6. The number of ether oxygens (including phenoxy) is 1. The molecule has 0 aliphatic rings. The van der Waals surface area contributed by atoms with Gasteiger partial charge >= 0.3 is 0 Å². The minimum absolute atomic E-state index is 0.572. The average Bonchev–Trinajstić information content (AvgIpc) is 2.69. The fraction of sp³-hybridized carbons (Fsp3) is 0.533. The third kappa shape index (κ3) is 3.03. The number of benzene rings is 1. The summed E-state index contributed by atoms with van der Waals surface area (Å²) < 4.78 is 7.93. The first kappa shape index (κ1) is 14.2.